The SMILES string of the molecule is O=[N+]([O-])c1ccc(CCNCC2CCCCC2CO)cc1. The molecule has 0 bridgehead atoms. The van der Waals surface area contributed by atoms with Gasteiger partial charge in [0.05, 0.1) is 4.92 Å². The van der Waals surface area contributed by atoms with Gasteiger partial charge in [-0.05, 0) is 49.8 Å². The molecule has 1 aliphatic carbocycles. The molecule has 0 saturated heterocycles. The molecule has 2 atom stereocenters. The van der Waals surface area contributed by atoms with Gasteiger partial charge >= 0.3 is 0 Å². The van der Waals surface area contributed by atoms with Crippen LogP contribution in [0.3, 0.4) is 0 Å². The summed E-state index contributed by atoms with van der Waals surface area (Å²) in [4.78, 5) is 10.2. The van der Waals surface area contributed by atoms with E-state index in [1.165, 1.54) is 19.3 Å². The summed E-state index contributed by atoms with van der Waals surface area (Å²) in [6.45, 7) is 2.12. The Labute approximate surface area is 125 Å². The number of nitro groups is 1. The molecular weight excluding hydrogens is 268 g/mol. The van der Waals surface area contributed by atoms with E-state index in [4.69, 9.17) is 0 Å². The van der Waals surface area contributed by atoms with Gasteiger partial charge < -0.3 is 10.4 Å². The number of hydrogen-bond donors (Lipinski definition) is 2. The molecule has 2 N–H and O–H groups in total. The molecule has 0 heterocycles. The third kappa shape index (κ3) is 4.79. The number of nitrogens with one attached hydrogen (secondary N) is 1. The van der Waals surface area contributed by atoms with Gasteiger partial charge in [0.1, 0.15) is 0 Å². The van der Waals surface area contributed by atoms with Gasteiger partial charge in [0.15, 0.2) is 0 Å². The Kier molecular flexibility index (Phi) is 6.14. The zero-order chi connectivity index (χ0) is 15.1. The van der Waals surface area contributed by atoms with Gasteiger partial charge in [-0.1, -0.05) is 25.0 Å². The summed E-state index contributed by atoms with van der Waals surface area (Å²) in [5.74, 6) is 1.03. The van der Waals surface area contributed by atoms with E-state index >= 15 is 0 Å². The molecule has 5 nitrogen and oxygen atoms in total. The van der Waals surface area contributed by atoms with Gasteiger partial charge in [-0.15, -0.1) is 0 Å². The van der Waals surface area contributed by atoms with Gasteiger partial charge in [-0.25, -0.2) is 0 Å². The summed E-state index contributed by atoms with van der Waals surface area (Å²) in [7, 11) is 0. The highest BCUT2D eigenvalue weighted by Gasteiger charge is 2.23. The van der Waals surface area contributed by atoms with Crippen molar-refractivity contribution in [3.05, 3.63) is 39.9 Å². The van der Waals surface area contributed by atoms with E-state index in [0.717, 1.165) is 31.5 Å². The molecular formula is C16H24N2O3. The van der Waals surface area contributed by atoms with Crippen LogP contribution >= 0.6 is 0 Å². The average molecular weight is 292 g/mol. The third-order valence-electron chi connectivity index (χ3n) is 4.45. The molecule has 5 heteroatoms. The van der Waals surface area contributed by atoms with Crippen molar-refractivity contribution in [2.75, 3.05) is 19.7 Å². The van der Waals surface area contributed by atoms with E-state index in [1.54, 1.807) is 12.1 Å². The molecule has 1 aromatic carbocycles. The fourth-order valence-electron chi connectivity index (χ4n) is 3.10. The molecule has 0 aromatic heterocycles. The Morgan fingerprint density at radius 1 is 1.19 bits per heavy atom. The monoisotopic (exact) mass is 292 g/mol. The standard InChI is InChI=1S/C16H24N2O3/c19-12-15-4-2-1-3-14(15)11-17-10-9-13-5-7-16(8-6-13)18(20)21/h5-8,14-15,17,19H,1-4,9-12H2. The zero-order valence-corrected chi connectivity index (χ0v) is 12.3. The number of nitrogens with zero attached hydrogens (tertiary/aromatic N) is 1. The fourth-order valence-corrected chi connectivity index (χ4v) is 3.10. The second-order valence-corrected chi connectivity index (χ2v) is 5.86. The summed E-state index contributed by atoms with van der Waals surface area (Å²) in [5.41, 5.74) is 1.25. The first-order valence-corrected chi connectivity index (χ1v) is 7.75. The number of benzene rings is 1. The van der Waals surface area contributed by atoms with Crippen LogP contribution in [0.1, 0.15) is 31.2 Å². The lowest BCUT2D eigenvalue weighted by Crippen LogP contribution is -2.33. The molecule has 1 aromatic rings. The molecule has 21 heavy (non-hydrogen) atoms. The molecule has 0 amide bonds. The molecule has 0 spiro atoms. The first-order valence-electron chi connectivity index (χ1n) is 7.75. The lowest BCUT2D eigenvalue weighted by Gasteiger charge is -2.30. The Balaban J connectivity index is 1.70. The summed E-state index contributed by atoms with van der Waals surface area (Å²) >= 11 is 0. The summed E-state index contributed by atoms with van der Waals surface area (Å²) < 4.78 is 0. The minimum absolute atomic E-state index is 0.139. The van der Waals surface area contributed by atoms with Crippen LogP contribution in [0.2, 0.25) is 0 Å². The number of hydrogen-bond acceptors (Lipinski definition) is 4. The van der Waals surface area contributed by atoms with Crippen LogP contribution in [0, 0.1) is 22.0 Å². The maximum atomic E-state index is 10.6. The largest absolute Gasteiger partial charge is 0.396 e. The third-order valence-corrected chi connectivity index (χ3v) is 4.45. The van der Waals surface area contributed by atoms with Crippen LogP contribution in [0.5, 0.6) is 0 Å². The predicted molar refractivity (Wildman–Crippen MR) is 82.2 cm³/mol. The van der Waals surface area contributed by atoms with Crippen molar-refractivity contribution in [3.63, 3.8) is 0 Å². The van der Waals surface area contributed by atoms with Crippen LogP contribution in [0.4, 0.5) is 5.69 Å². The normalized spacial score (nSPS) is 22.1. The van der Waals surface area contributed by atoms with E-state index in [0.29, 0.717) is 18.4 Å². The first-order chi connectivity index (χ1) is 10.2. The quantitative estimate of drug-likeness (QED) is 0.460. The predicted octanol–water partition coefficient (Wildman–Crippen LogP) is 2.53. The van der Waals surface area contributed by atoms with Gasteiger partial charge in [0.2, 0.25) is 0 Å². The maximum Gasteiger partial charge on any atom is 0.269 e. The number of rotatable bonds is 7. The van der Waals surface area contributed by atoms with Crippen molar-refractivity contribution >= 4 is 5.69 Å². The van der Waals surface area contributed by atoms with Crippen molar-refractivity contribution in [3.8, 4) is 0 Å². The molecule has 1 aliphatic rings. The van der Waals surface area contributed by atoms with Crippen LogP contribution in [-0.2, 0) is 6.42 Å². The van der Waals surface area contributed by atoms with Crippen LogP contribution in [0.25, 0.3) is 0 Å². The van der Waals surface area contributed by atoms with Gasteiger partial charge in [0, 0.05) is 18.7 Å². The second kappa shape index (κ2) is 8.10. The van der Waals surface area contributed by atoms with Crippen LogP contribution in [-0.4, -0.2) is 29.7 Å². The van der Waals surface area contributed by atoms with Crippen molar-refractivity contribution in [1.82, 2.24) is 5.32 Å². The number of aliphatic hydroxyl groups excluding tert-OH is 1. The molecule has 2 rings (SSSR count). The summed E-state index contributed by atoms with van der Waals surface area (Å²) in [5, 5.41) is 23.4. The van der Waals surface area contributed by atoms with Gasteiger partial charge in [0.25, 0.3) is 5.69 Å². The second-order valence-electron chi connectivity index (χ2n) is 5.86. The highest BCUT2D eigenvalue weighted by atomic mass is 16.6. The molecule has 116 valence electrons. The molecule has 2 unspecified atom stereocenters. The van der Waals surface area contributed by atoms with Crippen molar-refractivity contribution in [2.24, 2.45) is 11.8 Å². The minimum atomic E-state index is -0.375. The van der Waals surface area contributed by atoms with Crippen LogP contribution in [0.15, 0.2) is 24.3 Å². The van der Waals surface area contributed by atoms with Crippen LogP contribution < -0.4 is 5.32 Å². The number of nitro benzene ring substituents is 1. The number of aliphatic hydroxyl groups is 1. The van der Waals surface area contributed by atoms with Gasteiger partial charge in [-0.3, -0.25) is 10.1 Å². The van der Waals surface area contributed by atoms with Crippen molar-refractivity contribution in [2.45, 2.75) is 32.1 Å². The van der Waals surface area contributed by atoms with E-state index in [9.17, 15) is 15.2 Å². The molecule has 0 aliphatic heterocycles. The van der Waals surface area contributed by atoms with E-state index in [2.05, 4.69) is 5.32 Å². The average Bonchev–Trinajstić information content (AvgIpc) is 2.52. The Morgan fingerprint density at radius 2 is 1.86 bits per heavy atom. The van der Waals surface area contributed by atoms with E-state index in [-0.39, 0.29) is 10.6 Å². The Hall–Kier alpha value is -1.46. The fraction of sp³-hybridized carbons (Fsp3) is 0.625. The van der Waals surface area contributed by atoms with E-state index < -0.39 is 0 Å². The Morgan fingerprint density at radius 3 is 2.48 bits per heavy atom. The van der Waals surface area contributed by atoms with Crippen molar-refractivity contribution < 1.29 is 10.0 Å². The first kappa shape index (κ1) is 15.9. The molecule has 0 radical (unpaired) electrons. The van der Waals surface area contributed by atoms with Gasteiger partial charge in [-0.2, -0.15) is 0 Å². The van der Waals surface area contributed by atoms with Crippen molar-refractivity contribution in [1.29, 1.82) is 0 Å². The smallest absolute Gasteiger partial charge is 0.269 e. The highest BCUT2D eigenvalue weighted by Crippen LogP contribution is 2.29. The maximum absolute atomic E-state index is 10.6. The Bertz CT molecular complexity index is 447. The number of non-ortho nitro benzene ring substituents is 1. The van der Waals surface area contributed by atoms with E-state index in [1.807, 2.05) is 12.1 Å². The highest BCUT2D eigenvalue weighted by molar-refractivity contribution is 5.32. The summed E-state index contributed by atoms with van der Waals surface area (Å²) in [6.07, 6.45) is 5.73. The summed E-state index contributed by atoms with van der Waals surface area (Å²) in [6, 6.07) is 6.74. The lowest BCUT2D eigenvalue weighted by atomic mass is 9.79. The zero-order valence-electron chi connectivity index (χ0n) is 12.3. The molecule has 1 fully saturated rings. The lowest BCUT2D eigenvalue weighted by molar-refractivity contribution is -0.384. The molecule has 1 saturated carbocycles. The topological polar surface area (TPSA) is 75.4 Å². The minimum Gasteiger partial charge on any atom is -0.396 e.